The summed E-state index contributed by atoms with van der Waals surface area (Å²) in [5, 5.41) is 0. The first-order valence-corrected chi connectivity index (χ1v) is 12.4. The molecule has 9 heteroatoms. The molecule has 3 rings (SSSR count). The third kappa shape index (κ3) is 5.37. The van der Waals surface area contributed by atoms with E-state index < -0.39 is 53.7 Å². The Kier molecular flexibility index (Phi) is 7.61. The Morgan fingerprint density at radius 1 is 0.765 bits per heavy atom. The van der Waals surface area contributed by atoms with Crippen LogP contribution in [-0.2, 0) is 12.4 Å². The zero-order valence-electron chi connectivity index (χ0n) is 19.0. The fraction of sp³-hybridized carbons (Fsp3) is 0.440. The molecule has 0 N–H and O–H groups in total. The summed E-state index contributed by atoms with van der Waals surface area (Å²) in [5.74, 6) is 0. The van der Waals surface area contributed by atoms with Crippen molar-refractivity contribution < 1.29 is 35.9 Å². The SMILES string of the molecule is Cc1cc(C)c(C(=O)P(C(=O)c2c(C(F)(F)F)cccc2C(F)(F)F)C2CCCCC2)c(C)c1. The molecule has 2 nitrogen and oxygen atoms in total. The number of rotatable bonds is 5. The zero-order valence-corrected chi connectivity index (χ0v) is 19.9. The molecule has 2 aromatic rings. The average Bonchev–Trinajstić information content (AvgIpc) is 2.72. The molecule has 1 saturated carbocycles. The zero-order chi connectivity index (χ0) is 25.4. The van der Waals surface area contributed by atoms with Crippen LogP contribution >= 0.6 is 7.92 Å². The molecule has 0 spiro atoms. The minimum absolute atomic E-state index is 0.216. The molecule has 0 amide bonds. The van der Waals surface area contributed by atoms with E-state index in [-0.39, 0.29) is 5.56 Å². The van der Waals surface area contributed by atoms with Gasteiger partial charge >= 0.3 is 12.4 Å². The van der Waals surface area contributed by atoms with Crippen LogP contribution in [0.2, 0.25) is 0 Å². The van der Waals surface area contributed by atoms with Crippen LogP contribution in [0.25, 0.3) is 0 Å². The minimum atomic E-state index is -5.18. The second-order valence-corrected chi connectivity index (χ2v) is 11.1. The van der Waals surface area contributed by atoms with E-state index in [0.29, 0.717) is 55.0 Å². The minimum Gasteiger partial charge on any atom is -0.289 e. The summed E-state index contributed by atoms with van der Waals surface area (Å²) in [4.78, 5) is 27.5. The van der Waals surface area contributed by atoms with E-state index in [4.69, 9.17) is 0 Å². The van der Waals surface area contributed by atoms with Gasteiger partial charge in [-0.1, -0.05) is 43.0 Å². The first-order chi connectivity index (χ1) is 15.7. The van der Waals surface area contributed by atoms with Crippen LogP contribution in [0, 0.1) is 20.8 Å². The van der Waals surface area contributed by atoms with Gasteiger partial charge in [0, 0.05) is 19.0 Å². The predicted octanol–water partition coefficient (Wildman–Crippen LogP) is 8.44. The number of hydrogen-bond acceptors (Lipinski definition) is 2. The van der Waals surface area contributed by atoms with Gasteiger partial charge in [0.1, 0.15) is 0 Å². The van der Waals surface area contributed by atoms with Crippen molar-refractivity contribution in [3.63, 3.8) is 0 Å². The van der Waals surface area contributed by atoms with E-state index in [2.05, 4.69) is 0 Å². The number of carbonyl (C=O) groups excluding carboxylic acids is 2. The molecule has 0 radical (unpaired) electrons. The Bertz CT molecular complexity index is 1040. The molecule has 0 saturated heterocycles. The van der Waals surface area contributed by atoms with Gasteiger partial charge in [-0.15, -0.1) is 0 Å². The summed E-state index contributed by atoms with van der Waals surface area (Å²) in [6.45, 7) is 5.15. The number of alkyl halides is 6. The van der Waals surface area contributed by atoms with Crippen molar-refractivity contribution in [1.82, 2.24) is 0 Å². The van der Waals surface area contributed by atoms with Crippen molar-refractivity contribution in [2.45, 2.75) is 70.9 Å². The highest BCUT2D eigenvalue weighted by atomic mass is 31.1. The Hall–Kier alpha value is -2.21. The van der Waals surface area contributed by atoms with Crippen molar-refractivity contribution in [2.75, 3.05) is 0 Å². The largest absolute Gasteiger partial charge is 0.417 e. The highest BCUT2D eigenvalue weighted by Gasteiger charge is 2.47. The van der Waals surface area contributed by atoms with Crippen LogP contribution in [-0.4, -0.2) is 16.7 Å². The van der Waals surface area contributed by atoms with Gasteiger partial charge in [-0.3, -0.25) is 9.59 Å². The fourth-order valence-corrected chi connectivity index (χ4v) is 7.58. The molecule has 0 aromatic heterocycles. The third-order valence-electron chi connectivity index (χ3n) is 6.16. The number of halogens is 6. The third-order valence-corrected chi connectivity index (χ3v) is 8.73. The van der Waals surface area contributed by atoms with Gasteiger partial charge in [0.15, 0.2) is 11.0 Å². The summed E-state index contributed by atoms with van der Waals surface area (Å²) in [5.41, 5.74) is -5.10. The summed E-state index contributed by atoms with van der Waals surface area (Å²) >= 11 is 0. The molecule has 1 aliphatic rings. The predicted molar refractivity (Wildman–Crippen MR) is 120 cm³/mol. The first-order valence-electron chi connectivity index (χ1n) is 11.0. The molecule has 184 valence electrons. The van der Waals surface area contributed by atoms with E-state index in [9.17, 15) is 35.9 Å². The smallest absolute Gasteiger partial charge is 0.289 e. The first kappa shape index (κ1) is 26.4. The van der Waals surface area contributed by atoms with Crippen LogP contribution in [0.4, 0.5) is 26.3 Å². The molecular formula is C25H25F6O2P. The molecule has 34 heavy (non-hydrogen) atoms. The van der Waals surface area contributed by atoms with Gasteiger partial charge in [0.05, 0.1) is 11.1 Å². The summed E-state index contributed by atoms with van der Waals surface area (Å²) in [6.07, 6.45) is -7.34. The van der Waals surface area contributed by atoms with Gasteiger partial charge in [-0.2, -0.15) is 26.3 Å². The van der Waals surface area contributed by atoms with Crippen LogP contribution in [0.15, 0.2) is 30.3 Å². The van der Waals surface area contributed by atoms with Gasteiger partial charge < -0.3 is 0 Å². The lowest BCUT2D eigenvalue weighted by atomic mass is 10.00. The second-order valence-electron chi connectivity index (χ2n) is 8.77. The van der Waals surface area contributed by atoms with Crippen molar-refractivity contribution in [1.29, 1.82) is 0 Å². The molecule has 0 bridgehead atoms. The fourth-order valence-electron chi connectivity index (χ4n) is 4.78. The normalized spacial score (nSPS) is 16.4. The maximum atomic E-state index is 13.8. The van der Waals surface area contributed by atoms with Crippen LogP contribution in [0.1, 0.15) is 80.6 Å². The van der Waals surface area contributed by atoms with Crippen LogP contribution in [0.3, 0.4) is 0 Å². The van der Waals surface area contributed by atoms with Crippen LogP contribution < -0.4 is 0 Å². The molecule has 1 aliphatic carbocycles. The number of carbonyl (C=O) groups is 2. The van der Waals surface area contributed by atoms with Gasteiger partial charge in [0.2, 0.25) is 0 Å². The van der Waals surface area contributed by atoms with E-state index in [1.807, 2.05) is 6.92 Å². The topological polar surface area (TPSA) is 34.1 Å². The van der Waals surface area contributed by atoms with E-state index in [1.165, 1.54) is 0 Å². The Morgan fingerprint density at radius 3 is 1.65 bits per heavy atom. The van der Waals surface area contributed by atoms with Crippen molar-refractivity contribution in [2.24, 2.45) is 0 Å². The lowest BCUT2D eigenvalue weighted by Gasteiger charge is -2.30. The monoisotopic (exact) mass is 502 g/mol. The van der Waals surface area contributed by atoms with Gasteiger partial charge in [0.25, 0.3) is 0 Å². The molecule has 1 atom stereocenters. The average molecular weight is 502 g/mol. The van der Waals surface area contributed by atoms with Crippen molar-refractivity contribution in [3.8, 4) is 0 Å². The Balaban J connectivity index is 2.25. The summed E-state index contributed by atoms with van der Waals surface area (Å²) < 4.78 is 82.7. The maximum Gasteiger partial charge on any atom is 0.417 e. The molecule has 0 aliphatic heterocycles. The molecule has 0 heterocycles. The number of benzene rings is 2. The molecule has 2 aromatic carbocycles. The lowest BCUT2D eigenvalue weighted by molar-refractivity contribution is -0.143. The number of aryl methyl sites for hydroxylation is 3. The van der Waals surface area contributed by atoms with Gasteiger partial charge in [-0.05, 0) is 62.5 Å². The Labute approximate surface area is 195 Å². The second kappa shape index (κ2) is 9.80. The number of hydrogen-bond donors (Lipinski definition) is 0. The van der Waals surface area contributed by atoms with Gasteiger partial charge in [-0.25, -0.2) is 0 Å². The van der Waals surface area contributed by atoms with E-state index in [1.54, 1.807) is 26.0 Å². The molecule has 1 fully saturated rings. The quantitative estimate of drug-likeness (QED) is 0.304. The highest BCUT2D eigenvalue weighted by molar-refractivity contribution is 7.90. The molecular weight excluding hydrogens is 477 g/mol. The van der Waals surface area contributed by atoms with E-state index in [0.717, 1.165) is 12.0 Å². The van der Waals surface area contributed by atoms with E-state index >= 15 is 0 Å². The molecule has 1 unspecified atom stereocenters. The summed E-state index contributed by atoms with van der Waals surface area (Å²) in [7, 11) is -2.50. The Morgan fingerprint density at radius 2 is 1.21 bits per heavy atom. The standard InChI is InChI=1S/C25H25F6O2P/c1-14-12-15(2)20(16(3)13-14)22(32)34(17-8-5-4-6-9-17)23(33)21-18(24(26,27)28)10-7-11-19(21)25(29,30)31/h7,10-13,17H,4-6,8-9H2,1-3H3. The highest BCUT2D eigenvalue weighted by Crippen LogP contribution is 2.55. The van der Waals surface area contributed by atoms with Crippen molar-refractivity contribution >= 4 is 19.0 Å². The summed E-state index contributed by atoms with van der Waals surface area (Å²) in [6, 6.07) is 5.04. The van der Waals surface area contributed by atoms with Crippen molar-refractivity contribution in [3.05, 3.63) is 69.3 Å². The van der Waals surface area contributed by atoms with Crippen LogP contribution in [0.5, 0.6) is 0 Å². The lowest BCUT2D eigenvalue weighted by Crippen LogP contribution is -2.25. The maximum absolute atomic E-state index is 13.8.